The number of nitrogens with zero attached hydrogens (tertiary/aromatic N) is 4. The van der Waals surface area contributed by atoms with Crippen LogP contribution in [0, 0.1) is 5.92 Å². The molecule has 0 fully saturated rings. The van der Waals surface area contributed by atoms with Gasteiger partial charge in [0.15, 0.2) is 5.82 Å². The predicted molar refractivity (Wildman–Crippen MR) is 89.9 cm³/mol. The summed E-state index contributed by atoms with van der Waals surface area (Å²) in [5.74, 6) is 1.40. The van der Waals surface area contributed by atoms with Crippen LogP contribution in [-0.4, -0.2) is 32.1 Å². The number of nitrogens with one attached hydrogen (secondary N) is 1. The van der Waals surface area contributed by atoms with Crippen LogP contribution in [0.2, 0.25) is 0 Å². The molecule has 0 saturated carbocycles. The highest BCUT2D eigenvalue weighted by atomic mass is 19.1. The second-order valence-electron chi connectivity index (χ2n) is 6.07. The molecule has 0 aromatic carbocycles. The van der Waals surface area contributed by atoms with E-state index in [1.54, 1.807) is 24.5 Å². The Morgan fingerprint density at radius 1 is 1.38 bits per heavy atom. The zero-order valence-corrected chi connectivity index (χ0v) is 14.1. The van der Waals surface area contributed by atoms with Gasteiger partial charge in [0.1, 0.15) is 6.17 Å². The minimum atomic E-state index is -0.969. The second-order valence-corrected chi connectivity index (χ2v) is 6.07. The Kier molecular flexibility index (Phi) is 6.84. The van der Waals surface area contributed by atoms with Crippen LogP contribution < -0.4 is 5.32 Å². The first kappa shape index (κ1) is 18.0. The molecular formula is C17H23FN5O. The Balaban J connectivity index is 1.77. The third-order valence-electron chi connectivity index (χ3n) is 3.45. The number of anilines is 1. The predicted octanol–water partition coefficient (Wildman–Crippen LogP) is 2.98. The maximum Gasteiger partial charge on any atom is 0.231 e. The summed E-state index contributed by atoms with van der Waals surface area (Å²) in [7, 11) is 0. The number of amides is 1. The van der Waals surface area contributed by atoms with Gasteiger partial charge < -0.3 is 5.32 Å². The molecule has 1 unspecified atom stereocenters. The molecule has 2 rings (SSSR count). The van der Waals surface area contributed by atoms with Crippen LogP contribution in [0.15, 0.2) is 30.6 Å². The molecule has 1 N–H and O–H groups in total. The lowest BCUT2D eigenvalue weighted by Crippen LogP contribution is -2.15. The minimum absolute atomic E-state index is 0.145. The van der Waals surface area contributed by atoms with Crippen molar-refractivity contribution in [2.24, 2.45) is 0 Å². The topological polar surface area (TPSA) is 72.7 Å². The van der Waals surface area contributed by atoms with Gasteiger partial charge in [-0.15, -0.1) is 5.10 Å². The molecule has 7 heteroatoms. The smallest absolute Gasteiger partial charge is 0.231 e. The molecular weight excluding hydrogens is 309 g/mol. The highest BCUT2D eigenvalue weighted by Gasteiger charge is 2.12. The first-order valence-electron chi connectivity index (χ1n) is 8.06. The average Bonchev–Trinajstić information content (AvgIpc) is 2.94. The van der Waals surface area contributed by atoms with Crippen molar-refractivity contribution in [1.82, 2.24) is 20.0 Å². The number of hydrogen-bond donors (Lipinski definition) is 1. The third kappa shape index (κ3) is 6.44. The molecule has 2 aromatic heterocycles. The van der Waals surface area contributed by atoms with Crippen LogP contribution >= 0.6 is 0 Å². The van der Waals surface area contributed by atoms with Gasteiger partial charge in [0.05, 0.1) is 19.2 Å². The zero-order chi connectivity index (χ0) is 17.4. The van der Waals surface area contributed by atoms with E-state index >= 15 is 0 Å². The van der Waals surface area contributed by atoms with E-state index in [9.17, 15) is 9.18 Å². The number of carbonyl (C=O) groups excluding carboxylic acids is 1. The summed E-state index contributed by atoms with van der Waals surface area (Å²) in [6.07, 6.45) is 4.62. The van der Waals surface area contributed by atoms with Gasteiger partial charge in [-0.3, -0.25) is 9.78 Å². The van der Waals surface area contributed by atoms with Crippen molar-refractivity contribution in [1.29, 1.82) is 0 Å². The number of alkyl halides is 1. The molecule has 1 amide bonds. The normalized spacial score (nSPS) is 12.3. The average molecular weight is 332 g/mol. The molecule has 0 bridgehead atoms. The number of aromatic nitrogens is 4. The van der Waals surface area contributed by atoms with E-state index in [1.165, 1.54) is 10.6 Å². The Morgan fingerprint density at radius 3 is 2.92 bits per heavy atom. The van der Waals surface area contributed by atoms with Crippen molar-refractivity contribution in [2.75, 3.05) is 5.32 Å². The van der Waals surface area contributed by atoms with Crippen molar-refractivity contribution in [3.63, 3.8) is 0 Å². The van der Waals surface area contributed by atoms with E-state index in [0.717, 1.165) is 12.8 Å². The van der Waals surface area contributed by atoms with Crippen LogP contribution in [0.1, 0.15) is 38.8 Å². The molecule has 0 aliphatic rings. The lowest BCUT2D eigenvalue weighted by molar-refractivity contribution is -0.115. The summed E-state index contributed by atoms with van der Waals surface area (Å²) in [6, 6.07) is 5.39. The van der Waals surface area contributed by atoms with Gasteiger partial charge in [-0.25, -0.2) is 9.07 Å². The first-order chi connectivity index (χ1) is 11.5. The van der Waals surface area contributed by atoms with Gasteiger partial charge >= 0.3 is 0 Å². The fraction of sp³-hybridized carbons (Fsp3) is 0.471. The molecule has 1 atom stereocenters. The van der Waals surface area contributed by atoms with Crippen LogP contribution in [0.3, 0.4) is 0 Å². The number of halogens is 1. The molecule has 2 heterocycles. The summed E-state index contributed by atoms with van der Waals surface area (Å²) in [6.45, 7) is 4.24. The van der Waals surface area contributed by atoms with Gasteiger partial charge in [0, 0.05) is 11.9 Å². The quantitative estimate of drug-likeness (QED) is 0.766. The fourth-order valence-corrected chi connectivity index (χ4v) is 2.27. The van der Waals surface area contributed by atoms with E-state index in [1.807, 2.05) is 19.9 Å². The fourth-order valence-electron chi connectivity index (χ4n) is 2.27. The molecule has 6 nitrogen and oxygen atoms in total. The maximum atomic E-state index is 13.9. The van der Waals surface area contributed by atoms with Crippen molar-refractivity contribution in [3.8, 4) is 0 Å². The van der Waals surface area contributed by atoms with Gasteiger partial charge in [-0.2, -0.15) is 0 Å². The van der Waals surface area contributed by atoms with E-state index in [0.29, 0.717) is 17.9 Å². The van der Waals surface area contributed by atoms with Gasteiger partial charge in [0.2, 0.25) is 5.91 Å². The van der Waals surface area contributed by atoms with Crippen LogP contribution in [-0.2, 0) is 17.8 Å². The summed E-state index contributed by atoms with van der Waals surface area (Å²) in [5.41, 5.74) is 0.675. The van der Waals surface area contributed by atoms with E-state index in [-0.39, 0.29) is 18.9 Å². The van der Waals surface area contributed by atoms with Gasteiger partial charge in [-0.1, -0.05) is 25.1 Å². The molecule has 0 saturated heterocycles. The SMILES string of the molecule is C[C](C)CCCC(F)Cn1cc(NC(=O)Cc2ccccn2)nn1. The van der Waals surface area contributed by atoms with Crippen LogP contribution in [0.25, 0.3) is 0 Å². The molecule has 24 heavy (non-hydrogen) atoms. The molecule has 1 radical (unpaired) electrons. The van der Waals surface area contributed by atoms with E-state index in [4.69, 9.17) is 0 Å². The Labute approximate surface area is 141 Å². The Hall–Kier alpha value is -2.31. The summed E-state index contributed by atoms with van der Waals surface area (Å²) >= 11 is 0. The van der Waals surface area contributed by atoms with Crippen molar-refractivity contribution in [2.45, 2.75) is 52.2 Å². The van der Waals surface area contributed by atoms with E-state index < -0.39 is 6.17 Å². The van der Waals surface area contributed by atoms with Gasteiger partial charge in [-0.05, 0) is 37.3 Å². The highest BCUT2D eigenvalue weighted by molar-refractivity contribution is 5.90. The molecule has 0 spiro atoms. The summed E-state index contributed by atoms with van der Waals surface area (Å²) < 4.78 is 15.3. The lowest BCUT2D eigenvalue weighted by Gasteiger charge is -2.08. The highest BCUT2D eigenvalue weighted by Crippen LogP contribution is 2.13. The number of carbonyl (C=O) groups is 1. The number of hydrogen-bond acceptors (Lipinski definition) is 4. The molecule has 0 aliphatic carbocycles. The van der Waals surface area contributed by atoms with Crippen molar-refractivity contribution < 1.29 is 9.18 Å². The number of pyridine rings is 1. The molecule has 0 aliphatic heterocycles. The monoisotopic (exact) mass is 332 g/mol. The van der Waals surface area contributed by atoms with Crippen molar-refractivity contribution in [3.05, 3.63) is 42.2 Å². The van der Waals surface area contributed by atoms with Crippen LogP contribution in [0.5, 0.6) is 0 Å². The Morgan fingerprint density at radius 2 is 2.21 bits per heavy atom. The minimum Gasteiger partial charge on any atom is -0.308 e. The third-order valence-corrected chi connectivity index (χ3v) is 3.45. The van der Waals surface area contributed by atoms with Crippen LogP contribution in [0.4, 0.5) is 10.2 Å². The summed E-state index contributed by atoms with van der Waals surface area (Å²) in [4.78, 5) is 16.0. The van der Waals surface area contributed by atoms with Crippen molar-refractivity contribution >= 4 is 11.7 Å². The lowest BCUT2D eigenvalue weighted by atomic mass is 10.0. The number of rotatable bonds is 9. The maximum absolute atomic E-state index is 13.9. The van der Waals surface area contributed by atoms with E-state index in [2.05, 4.69) is 20.6 Å². The largest absolute Gasteiger partial charge is 0.308 e. The second kappa shape index (κ2) is 9.10. The van der Waals surface area contributed by atoms with Gasteiger partial charge in [0.25, 0.3) is 0 Å². The zero-order valence-electron chi connectivity index (χ0n) is 14.1. The Bertz CT molecular complexity index is 629. The molecule has 2 aromatic rings. The summed E-state index contributed by atoms with van der Waals surface area (Å²) in [5, 5.41) is 10.3. The first-order valence-corrected chi connectivity index (χ1v) is 8.06. The molecule has 129 valence electrons. The standard InChI is InChI=1S/C17H23FN5O/c1-13(2)6-5-7-14(18)11-23-12-16(21-22-23)20-17(24)10-15-8-3-4-9-19-15/h3-4,8-9,12,14H,5-7,10-11H2,1-2H3,(H,20,24).